The number of fused-ring (bicyclic) bond motifs is 1. The fourth-order valence-corrected chi connectivity index (χ4v) is 4.03. The summed E-state index contributed by atoms with van der Waals surface area (Å²) < 4.78 is 0.714. The van der Waals surface area contributed by atoms with Crippen LogP contribution in [0.1, 0.15) is 54.2 Å². The SMILES string of the molecule is CC(C)[C@H](NC(=O)c1ccccc1Br)C(=O)N[C@H]1CCCc2ccccc21. The van der Waals surface area contributed by atoms with Crippen LogP contribution in [0.2, 0.25) is 0 Å². The maximum absolute atomic E-state index is 13.0. The Balaban J connectivity index is 1.73. The summed E-state index contributed by atoms with van der Waals surface area (Å²) in [4.78, 5) is 25.6. The van der Waals surface area contributed by atoms with E-state index in [0.29, 0.717) is 10.0 Å². The molecule has 27 heavy (non-hydrogen) atoms. The van der Waals surface area contributed by atoms with Gasteiger partial charge in [0.25, 0.3) is 5.91 Å². The Bertz CT molecular complexity index is 835. The molecule has 0 saturated heterocycles. The summed E-state index contributed by atoms with van der Waals surface area (Å²) in [6, 6.07) is 14.9. The van der Waals surface area contributed by atoms with Crippen molar-refractivity contribution in [1.29, 1.82) is 0 Å². The van der Waals surface area contributed by atoms with Crippen molar-refractivity contribution in [1.82, 2.24) is 10.6 Å². The van der Waals surface area contributed by atoms with Gasteiger partial charge in [0.15, 0.2) is 0 Å². The van der Waals surface area contributed by atoms with Gasteiger partial charge in [0.2, 0.25) is 5.91 Å². The zero-order valence-corrected chi connectivity index (χ0v) is 17.3. The maximum Gasteiger partial charge on any atom is 0.253 e. The average Bonchev–Trinajstić information content (AvgIpc) is 2.66. The molecular weight excluding hydrogens is 404 g/mol. The Morgan fingerprint density at radius 1 is 1.07 bits per heavy atom. The van der Waals surface area contributed by atoms with Crippen LogP contribution < -0.4 is 10.6 Å². The lowest BCUT2D eigenvalue weighted by atomic mass is 9.87. The van der Waals surface area contributed by atoms with Crippen LogP contribution in [0.3, 0.4) is 0 Å². The molecule has 0 aliphatic heterocycles. The molecule has 3 rings (SSSR count). The topological polar surface area (TPSA) is 58.2 Å². The lowest BCUT2D eigenvalue weighted by Gasteiger charge is -2.29. The second kappa shape index (κ2) is 8.70. The zero-order valence-electron chi connectivity index (χ0n) is 15.7. The van der Waals surface area contributed by atoms with Crippen molar-refractivity contribution in [3.05, 3.63) is 69.7 Å². The first-order valence-corrected chi connectivity index (χ1v) is 10.2. The van der Waals surface area contributed by atoms with Gasteiger partial charge in [0, 0.05) is 4.47 Å². The third-order valence-corrected chi connectivity index (χ3v) is 5.73. The highest BCUT2D eigenvalue weighted by atomic mass is 79.9. The molecule has 2 aromatic carbocycles. The van der Waals surface area contributed by atoms with Gasteiger partial charge in [-0.05, 0) is 64.4 Å². The molecule has 0 aromatic heterocycles. The fraction of sp³-hybridized carbons (Fsp3) is 0.364. The quantitative estimate of drug-likeness (QED) is 0.741. The molecule has 0 unspecified atom stereocenters. The first-order valence-electron chi connectivity index (χ1n) is 9.41. The molecule has 0 bridgehead atoms. The molecule has 2 amide bonds. The molecule has 0 saturated carbocycles. The summed E-state index contributed by atoms with van der Waals surface area (Å²) in [7, 11) is 0. The monoisotopic (exact) mass is 428 g/mol. The molecule has 1 aliphatic rings. The van der Waals surface area contributed by atoms with Crippen molar-refractivity contribution in [3.63, 3.8) is 0 Å². The molecule has 0 radical (unpaired) electrons. The number of nitrogens with one attached hydrogen (secondary N) is 2. The average molecular weight is 429 g/mol. The van der Waals surface area contributed by atoms with Crippen LogP contribution in [0, 0.1) is 5.92 Å². The van der Waals surface area contributed by atoms with Crippen LogP contribution in [0.15, 0.2) is 53.0 Å². The lowest BCUT2D eigenvalue weighted by Crippen LogP contribution is -2.50. The number of hydrogen-bond donors (Lipinski definition) is 2. The highest BCUT2D eigenvalue weighted by Gasteiger charge is 2.29. The van der Waals surface area contributed by atoms with E-state index in [9.17, 15) is 9.59 Å². The third-order valence-electron chi connectivity index (χ3n) is 5.04. The van der Waals surface area contributed by atoms with Crippen LogP contribution in [-0.4, -0.2) is 17.9 Å². The lowest BCUT2D eigenvalue weighted by molar-refractivity contribution is -0.124. The first-order chi connectivity index (χ1) is 13.0. The number of benzene rings is 2. The smallest absolute Gasteiger partial charge is 0.253 e. The van der Waals surface area contributed by atoms with Gasteiger partial charge in [0.05, 0.1) is 11.6 Å². The Labute approximate surface area is 168 Å². The molecular formula is C22H25BrN2O2. The molecule has 0 spiro atoms. The van der Waals surface area contributed by atoms with Crippen molar-refractivity contribution in [3.8, 4) is 0 Å². The standard InChI is InChI=1S/C22H25BrN2O2/c1-14(2)20(25-21(26)17-11-5-6-12-18(17)23)22(27)24-19-13-7-9-15-8-3-4-10-16(15)19/h3-6,8,10-12,14,19-20H,7,9,13H2,1-2H3,(H,24,27)(H,25,26)/t19-,20-/m0/s1. The summed E-state index contributed by atoms with van der Waals surface area (Å²) in [5.74, 6) is -0.400. The van der Waals surface area contributed by atoms with Gasteiger partial charge in [-0.1, -0.05) is 50.2 Å². The molecule has 2 N–H and O–H groups in total. The molecule has 2 atom stereocenters. The van der Waals surface area contributed by atoms with E-state index < -0.39 is 6.04 Å². The Morgan fingerprint density at radius 3 is 2.52 bits per heavy atom. The van der Waals surface area contributed by atoms with Crippen LogP contribution in [-0.2, 0) is 11.2 Å². The van der Waals surface area contributed by atoms with Gasteiger partial charge in [-0.25, -0.2) is 0 Å². The number of amides is 2. The fourth-order valence-electron chi connectivity index (χ4n) is 3.56. The van der Waals surface area contributed by atoms with Crippen molar-refractivity contribution in [2.45, 2.75) is 45.2 Å². The van der Waals surface area contributed by atoms with Crippen LogP contribution in [0.25, 0.3) is 0 Å². The van der Waals surface area contributed by atoms with E-state index in [1.807, 2.05) is 44.2 Å². The third kappa shape index (κ3) is 4.59. The van der Waals surface area contributed by atoms with Gasteiger partial charge in [-0.15, -0.1) is 0 Å². The maximum atomic E-state index is 13.0. The highest BCUT2D eigenvalue weighted by molar-refractivity contribution is 9.10. The normalized spacial score (nSPS) is 17.1. The summed E-state index contributed by atoms with van der Waals surface area (Å²) in [5.41, 5.74) is 3.02. The molecule has 5 heteroatoms. The number of hydrogen-bond acceptors (Lipinski definition) is 2. The van der Waals surface area contributed by atoms with Gasteiger partial charge < -0.3 is 10.6 Å². The van der Waals surface area contributed by atoms with Crippen LogP contribution in [0.4, 0.5) is 0 Å². The molecule has 142 valence electrons. The van der Waals surface area contributed by atoms with E-state index >= 15 is 0 Å². The Morgan fingerprint density at radius 2 is 1.78 bits per heavy atom. The highest BCUT2D eigenvalue weighted by Crippen LogP contribution is 2.29. The Hall–Kier alpha value is -2.14. The summed E-state index contributed by atoms with van der Waals surface area (Å²) in [5, 5.41) is 6.07. The van der Waals surface area contributed by atoms with E-state index in [1.165, 1.54) is 11.1 Å². The molecule has 4 nitrogen and oxygen atoms in total. The predicted molar refractivity (Wildman–Crippen MR) is 110 cm³/mol. The second-order valence-corrected chi connectivity index (χ2v) is 8.18. The van der Waals surface area contributed by atoms with Crippen molar-refractivity contribution in [2.24, 2.45) is 5.92 Å². The number of carbonyl (C=O) groups excluding carboxylic acids is 2. The minimum Gasteiger partial charge on any atom is -0.347 e. The summed E-state index contributed by atoms with van der Waals surface area (Å²) in [6.45, 7) is 3.89. The van der Waals surface area contributed by atoms with Gasteiger partial charge in [0.1, 0.15) is 6.04 Å². The van der Waals surface area contributed by atoms with E-state index in [0.717, 1.165) is 19.3 Å². The second-order valence-electron chi connectivity index (χ2n) is 7.33. The summed E-state index contributed by atoms with van der Waals surface area (Å²) in [6.07, 6.45) is 3.03. The van der Waals surface area contributed by atoms with Gasteiger partial charge in [-0.3, -0.25) is 9.59 Å². The van der Waals surface area contributed by atoms with Gasteiger partial charge in [-0.2, -0.15) is 0 Å². The molecule has 2 aromatic rings. The van der Waals surface area contributed by atoms with Crippen molar-refractivity contribution in [2.75, 3.05) is 0 Å². The number of halogens is 1. The van der Waals surface area contributed by atoms with Gasteiger partial charge >= 0.3 is 0 Å². The van der Waals surface area contributed by atoms with E-state index in [1.54, 1.807) is 6.07 Å². The van der Waals surface area contributed by atoms with Crippen LogP contribution >= 0.6 is 15.9 Å². The van der Waals surface area contributed by atoms with E-state index in [4.69, 9.17) is 0 Å². The zero-order chi connectivity index (χ0) is 19.4. The van der Waals surface area contributed by atoms with Crippen molar-refractivity contribution < 1.29 is 9.59 Å². The number of carbonyl (C=O) groups is 2. The van der Waals surface area contributed by atoms with E-state index in [2.05, 4.69) is 38.7 Å². The summed E-state index contributed by atoms with van der Waals surface area (Å²) >= 11 is 3.40. The van der Waals surface area contributed by atoms with E-state index in [-0.39, 0.29) is 23.8 Å². The number of aryl methyl sites for hydroxylation is 1. The largest absolute Gasteiger partial charge is 0.347 e. The first kappa shape index (κ1) is 19.6. The van der Waals surface area contributed by atoms with Crippen molar-refractivity contribution >= 4 is 27.7 Å². The molecule has 0 heterocycles. The predicted octanol–water partition coefficient (Wildman–Crippen LogP) is 4.40. The minimum absolute atomic E-state index is 0.00376. The Kier molecular flexibility index (Phi) is 6.32. The van der Waals surface area contributed by atoms with Crippen LogP contribution in [0.5, 0.6) is 0 Å². The minimum atomic E-state index is -0.585. The number of rotatable bonds is 5. The molecule has 0 fully saturated rings. The molecule has 1 aliphatic carbocycles.